The first-order valence-corrected chi connectivity index (χ1v) is 6.15. The number of aryl methyl sites for hydroxylation is 1. The van der Waals surface area contributed by atoms with E-state index in [0.717, 1.165) is 31.1 Å². The van der Waals surface area contributed by atoms with Gasteiger partial charge in [0.2, 0.25) is 0 Å². The van der Waals surface area contributed by atoms with Gasteiger partial charge in [0.15, 0.2) is 5.76 Å². The van der Waals surface area contributed by atoms with Gasteiger partial charge in [0.05, 0.1) is 12.2 Å². The highest BCUT2D eigenvalue weighted by Crippen LogP contribution is 2.09. The van der Waals surface area contributed by atoms with Gasteiger partial charge in [-0.2, -0.15) is 0 Å². The number of nitrogens with zero attached hydrogens (tertiary/aromatic N) is 3. The lowest BCUT2D eigenvalue weighted by Crippen LogP contribution is -2.45. The van der Waals surface area contributed by atoms with Gasteiger partial charge < -0.3 is 9.42 Å². The van der Waals surface area contributed by atoms with Crippen molar-refractivity contribution in [2.75, 3.05) is 32.7 Å². The maximum Gasteiger partial charge on any atom is 0.150 e. The van der Waals surface area contributed by atoms with Crippen molar-refractivity contribution in [2.24, 2.45) is 0 Å². The smallest absolute Gasteiger partial charge is 0.150 e. The van der Waals surface area contributed by atoms with E-state index in [1.54, 1.807) is 0 Å². The van der Waals surface area contributed by atoms with Gasteiger partial charge in [0.1, 0.15) is 0 Å². The number of aromatic nitrogens is 1. The Morgan fingerprint density at radius 1 is 1.25 bits per heavy atom. The molecule has 0 aromatic carbocycles. The number of hydrogen-bond acceptors (Lipinski definition) is 4. The Bertz CT molecular complexity index is 316. The minimum absolute atomic E-state index is 0.904. The van der Waals surface area contributed by atoms with E-state index in [4.69, 9.17) is 4.52 Å². The summed E-state index contributed by atoms with van der Waals surface area (Å²) >= 11 is 0. The fraction of sp³-hybridized carbons (Fsp3) is 0.750. The molecule has 0 radical (unpaired) electrons. The molecule has 1 aromatic rings. The van der Waals surface area contributed by atoms with E-state index in [2.05, 4.69) is 21.9 Å². The molecule has 0 atom stereocenters. The molecule has 1 aliphatic heterocycles. The van der Waals surface area contributed by atoms with E-state index in [0.29, 0.717) is 0 Å². The van der Waals surface area contributed by atoms with E-state index < -0.39 is 0 Å². The van der Waals surface area contributed by atoms with Crippen LogP contribution < -0.4 is 0 Å². The van der Waals surface area contributed by atoms with Gasteiger partial charge in [-0.25, -0.2) is 0 Å². The van der Waals surface area contributed by atoms with Crippen LogP contribution in [0.4, 0.5) is 0 Å². The average molecular weight is 223 g/mol. The average Bonchev–Trinajstić information content (AvgIpc) is 2.67. The summed E-state index contributed by atoms with van der Waals surface area (Å²) < 4.78 is 5.24. The predicted octanol–water partition coefficient (Wildman–Crippen LogP) is 1.51. The van der Waals surface area contributed by atoms with Crippen molar-refractivity contribution in [1.82, 2.24) is 15.0 Å². The molecule has 1 saturated heterocycles. The largest absolute Gasteiger partial charge is 0.360 e. The van der Waals surface area contributed by atoms with Crippen molar-refractivity contribution in [2.45, 2.75) is 26.8 Å². The first-order chi connectivity index (χ1) is 7.78. The summed E-state index contributed by atoms with van der Waals surface area (Å²) in [6.07, 6.45) is 1.25. The van der Waals surface area contributed by atoms with E-state index in [9.17, 15) is 0 Å². The Morgan fingerprint density at radius 2 is 1.94 bits per heavy atom. The number of rotatable bonds is 4. The van der Waals surface area contributed by atoms with Gasteiger partial charge in [0, 0.05) is 32.2 Å². The lowest BCUT2D eigenvalue weighted by molar-refractivity contribution is 0.118. The molecule has 16 heavy (non-hydrogen) atoms. The van der Waals surface area contributed by atoms with Crippen LogP contribution in [0, 0.1) is 6.92 Å². The molecular formula is C12H21N3O. The topological polar surface area (TPSA) is 32.5 Å². The highest BCUT2D eigenvalue weighted by Gasteiger charge is 2.17. The summed E-state index contributed by atoms with van der Waals surface area (Å²) in [6, 6.07) is 2.03. The van der Waals surface area contributed by atoms with Crippen molar-refractivity contribution < 1.29 is 4.52 Å². The zero-order valence-corrected chi connectivity index (χ0v) is 10.3. The first kappa shape index (κ1) is 11.6. The summed E-state index contributed by atoms with van der Waals surface area (Å²) in [5.41, 5.74) is 0.972. The van der Waals surface area contributed by atoms with E-state index >= 15 is 0 Å². The molecule has 1 aromatic heterocycles. The van der Waals surface area contributed by atoms with Crippen LogP contribution in [0.3, 0.4) is 0 Å². The van der Waals surface area contributed by atoms with E-state index in [-0.39, 0.29) is 0 Å². The molecule has 4 heteroatoms. The van der Waals surface area contributed by atoms with Crippen LogP contribution in [-0.2, 0) is 6.54 Å². The highest BCUT2D eigenvalue weighted by atomic mass is 16.5. The Balaban J connectivity index is 1.77. The SMILES string of the molecule is CCCN1CCN(Cc2cc(C)no2)CC1. The van der Waals surface area contributed by atoms with Crippen molar-refractivity contribution >= 4 is 0 Å². The molecule has 0 unspecified atom stereocenters. The normalized spacial score (nSPS) is 19.1. The maximum atomic E-state index is 5.24. The zero-order valence-electron chi connectivity index (χ0n) is 10.3. The lowest BCUT2D eigenvalue weighted by Gasteiger charge is -2.33. The minimum Gasteiger partial charge on any atom is -0.360 e. The van der Waals surface area contributed by atoms with Gasteiger partial charge in [-0.1, -0.05) is 12.1 Å². The standard InChI is InChI=1S/C12H21N3O/c1-3-4-14-5-7-15(8-6-14)10-12-9-11(2)13-16-12/h9H,3-8,10H2,1-2H3. The second-order valence-corrected chi connectivity index (χ2v) is 4.55. The molecular weight excluding hydrogens is 202 g/mol. The summed E-state index contributed by atoms with van der Waals surface area (Å²) in [5.74, 6) is 0.987. The molecule has 0 aliphatic carbocycles. The first-order valence-electron chi connectivity index (χ1n) is 6.15. The van der Waals surface area contributed by atoms with Crippen LogP contribution in [0.25, 0.3) is 0 Å². The zero-order chi connectivity index (χ0) is 11.4. The summed E-state index contributed by atoms with van der Waals surface area (Å²) in [7, 11) is 0. The van der Waals surface area contributed by atoms with Crippen molar-refractivity contribution in [3.63, 3.8) is 0 Å². The fourth-order valence-electron chi connectivity index (χ4n) is 2.20. The van der Waals surface area contributed by atoms with Crippen LogP contribution in [-0.4, -0.2) is 47.7 Å². The van der Waals surface area contributed by atoms with Gasteiger partial charge in [-0.15, -0.1) is 0 Å². The molecule has 1 aliphatic rings. The quantitative estimate of drug-likeness (QED) is 0.774. The molecule has 0 N–H and O–H groups in total. The van der Waals surface area contributed by atoms with Gasteiger partial charge in [-0.3, -0.25) is 4.90 Å². The molecule has 0 bridgehead atoms. The number of piperazine rings is 1. The van der Waals surface area contributed by atoms with E-state index in [1.807, 2.05) is 13.0 Å². The second kappa shape index (κ2) is 5.46. The third kappa shape index (κ3) is 3.06. The van der Waals surface area contributed by atoms with Crippen LogP contribution in [0.15, 0.2) is 10.6 Å². The summed E-state index contributed by atoms with van der Waals surface area (Å²) in [6.45, 7) is 11.0. The Kier molecular flexibility index (Phi) is 3.96. The minimum atomic E-state index is 0.904. The molecule has 90 valence electrons. The third-order valence-electron chi connectivity index (χ3n) is 3.06. The molecule has 0 saturated carbocycles. The summed E-state index contributed by atoms with van der Waals surface area (Å²) in [5, 5.41) is 3.91. The van der Waals surface area contributed by atoms with Crippen LogP contribution in [0.1, 0.15) is 24.8 Å². The van der Waals surface area contributed by atoms with Crippen molar-refractivity contribution in [3.8, 4) is 0 Å². The highest BCUT2D eigenvalue weighted by molar-refractivity contribution is 5.02. The third-order valence-corrected chi connectivity index (χ3v) is 3.06. The number of hydrogen-bond donors (Lipinski definition) is 0. The summed E-state index contributed by atoms with van der Waals surface area (Å²) in [4.78, 5) is 4.97. The van der Waals surface area contributed by atoms with Crippen LogP contribution in [0.2, 0.25) is 0 Å². The molecule has 0 spiro atoms. The van der Waals surface area contributed by atoms with Crippen molar-refractivity contribution in [1.29, 1.82) is 0 Å². The van der Waals surface area contributed by atoms with Crippen LogP contribution >= 0.6 is 0 Å². The Morgan fingerprint density at radius 3 is 2.50 bits per heavy atom. The molecule has 2 heterocycles. The van der Waals surface area contributed by atoms with Crippen LogP contribution in [0.5, 0.6) is 0 Å². The fourth-order valence-corrected chi connectivity index (χ4v) is 2.20. The molecule has 0 amide bonds. The van der Waals surface area contributed by atoms with Gasteiger partial charge in [0.25, 0.3) is 0 Å². The van der Waals surface area contributed by atoms with Gasteiger partial charge in [-0.05, 0) is 19.9 Å². The molecule has 1 fully saturated rings. The lowest BCUT2D eigenvalue weighted by atomic mass is 10.2. The van der Waals surface area contributed by atoms with Gasteiger partial charge >= 0.3 is 0 Å². The Labute approximate surface area is 97.2 Å². The maximum absolute atomic E-state index is 5.24. The second-order valence-electron chi connectivity index (χ2n) is 4.55. The molecule has 4 nitrogen and oxygen atoms in total. The monoisotopic (exact) mass is 223 g/mol. The Hall–Kier alpha value is -0.870. The van der Waals surface area contributed by atoms with E-state index in [1.165, 1.54) is 26.1 Å². The molecule has 2 rings (SSSR count). The predicted molar refractivity (Wildman–Crippen MR) is 63.2 cm³/mol. The van der Waals surface area contributed by atoms with Crippen molar-refractivity contribution in [3.05, 3.63) is 17.5 Å².